The van der Waals surface area contributed by atoms with E-state index in [0.717, 1.165) is 12.0 Å². The molecule has 6 nitrogen and oxygen atoms in total. The Bertz CT molecular complexity index is 838. The number of carboxylic acid groups (broad SMARTS) is 1. The SMILES string of the molecule is O=C(O)CN(CCc1ccccc1)C(=O)C1CCCN(C(=O)c2ccccc2)C1. The lowest BCUT2D eigenvalue weighted by molar-refractivity contribution is -0.147. The fourth-order valence-electron chi connectivity index (χ4n) is 3.72. The van der Waals surface area contributed by atoms with Crippen molar-refractivity contribution >= 4 is 17.8 Å². The van der Waals surface area contributed by atoms with Gasteiger partial charge in [0.15, 0.2) is 0 Å². The normalized spacial score (nSPS) is 16.3. The third-order valence-corrected chi connectivity index (χ3v) is 5.23. The molecule has 1 N–H and O–H groups in total. The summed E-state index contributed by atoms with van der Waals surface area (Å²) in [5.74, 6) is -1.67. The first-order chi connectivity index (χ1) is 14.0. The van der Waals surface area contributed by atoms with Crippen molar-refractivity contribution in [2.45, 2.75) is 19.3 Å². The summed E-state index contributed by atoms with van der Waals surface area (Å²) >= 11 is 0. The van der Waals surface area contributed by atoms with Crippen LogP contribution < -0.4 is 0 Å². The molecule has 1 unspecified atom stereocenters. The van der Waals surface area contributed by atoms with Gasteiger partial charge in [-0.05, 0) is 37.0 Å². The zero-order chi connectivity index (χ0) is 20.6. The lowest BCUT2D eigenvalue weighted by atomic mass is 9.95. The van der Waals surface area contributed by atoms with Gasteiger partial charge in [-0.25, -0.2) is 0 Å². The first-order valence-corrected chi connectivity index (χ1v) is 9.93. The molecule has 152 valence electrons. The number of nitrogens with zero attached hydrogens (tertiary/aromatic N) is 2. The fourth-order valence-corrected chi connectivity index (χ4v) is 3.72. The fraction of sp³-hybridized carbons (Fsp3) is 0.348. The predicted molar refractivity (Wildman–Crippen MR) is 109 cm³/mol. The highest BCUT2D eigenvalue weighted by Crippen LogP contribution is 2.21. The molecule has 0 saturated carbocycles. The van der Waals surface area contributed by atoms with Gasteiger partial charge in [-0.2, -0.15) is 0 Å². The number of carbonyl (C=O) groups is 3. The van der Waals surface area contributed by atoms with Crippen LogP contribution in [0.5, 0.6) is 0 Å². The maximum atomic E-state index is 13.1. The number of aliphatic carboxylic acids is 1. The van der Waals surface area contributed by atoms with Crippen molar-refractivity contribution in [3.05, 3.63) is 71.8 Å². The van der Waals surface area contributed by atoms with Gasteiger partial charge in [0.1, 0.15) is 6.54 Å². The molecule has 1 fully saturated rings. The molecule has 1 saturated heterocycles. The molecule has 1 heterocycles. The van der Waals surface area contributed by atoms with Gasteiger partial charge in [0.2, 0.25) is 5.91 Å². The molecule has 0 radical (unpaired) electrons. The molecule has 2 amide bonds. The number of likely N-dealkylation sites (tertiary alicyclic amines) is 1. The Balaban J connectivity index is 1.66. The Morgan fingerprint density at radius 1 is 1.00 bits per heavy atom. The van der Waals surface area contributed by atoms with Crippen molar-refractivity contribution in [2.24, 2.45) is 5.92 Å². The third kappa shape index (κ3) is 5.67. The minimum Gasteiger partial charge on any atom is -0.480 e. The maximum Gasteiger partial charge on any atom is 0.323 e. The molecule has 0 spiro atoms. The summed E-state index contributed by atoms with van der Waals surface area (Å²) in [6, 6.07) is 18.7. The van der Waals surface area contributed by atoms with Crippen LogP contribution in [0.25, 0.3) is 0 Å². The van der Waals surface area contributed by atoms with Gasteiger partial charge in [0.05, 0.1) is 5.92 Å². The van der Waals surface area contributed by atoms with E-state index in [1.54, 1.807) is 17.0 Å². The monoisotopic (exact) mass is 394 g/mol. The van der Waals surface area contributed by atoms with E-state index in [-0.39, 0.29) is 24.3 Å². The van der Waals surface area contributed by atoms with Gasteiger partial charge in [0, 0.05) is 25.2 Å². The predicted octanol–water partition coefficient (Wildman–Crippen LogP) is 2.69. The van der Waals surface area contributed by atoms with Crippen molar-refractivity contribution in [2.75, 3.05) is 26.2 Å². The van der Waals surface area contributed by atoms with Gasteiger partial charge in [-0.3, -0.25) is 14.4 Å². The Morgan fingerprint density at radius 3 is 2.31 bits per heavy atom. The molecule has 6 heteroatoms. The summed E-state index contributed by atoms with van der Waals surface area (Å²) in [6.07, 6.45) is 1.99. The Morgan fingerprint density at radius 2 is 1.66 bits per heavy atom. The molecule has 0 aliphatic carbocycles. The highest BCUT2D eigenvalue weighted by atomic mass is 16.4. The third-order valence-electron chi connectivity index (χ3n) is 5.23. The first-order valence-electron chi connectivity index (χ1n) is 9.93. The van der Waals surface area contributed by atoms with Crippen LogP contribution in [-0.4, -0.2) is 58.9 Å². The minimum absolute atomic E-state index is 0.0860. The molecule has 2 aromatic carbocycles. The van der Waals surface area contributed by atoms with Crippen LogP contribution in [-0.2, 0) is 16.0 Å². The smallest absolute Gasteiger partial charge is 0.323 e. The Kier molecular flexibility index (Phi) is 7.00. The molecule has 2 aromatic rings. The van der Waals surface area contributed by atoms with Crippen molar-refractivity contribution in [3.8, 4) is 0 Å². The van der Waals surface area contributed by atoms with Crippen LogP contribution in [0.3, 0.4) is 0 Å². The molecular weight excluding hydrogens is 368 g/mol. The number of carboxylic acids is 1. The van der Waals surface area contributed by atoms with Crippen molar-refractivity contribution in [1.82, 2.24) is 9.80 Å². The van der Waals surface area contributed by atoms with Gasteiger partial charge in [-0.1, -0.05) is 48.5 Å². The van der Waals surface area contributed by atoms with Crippen LogP contribution in [0.4, 0.5) is 0 Å². The van der Waals surface area contributed by atoms with Crippen molar-refractivity contribution < 1.29 is 19.5 Å². The van der Waals surface area contributed by atoms with E-state index in [1.165, 1.54) is 4.90 Å². The number of rotatable bonds is 7. The van der Waals surface area contributed by atoms with Crippen LogP contribution in [0.15, 0.2) is 60.7 Å². The summed E-state index contributed by atoms with van der Waals surface area (Å²) in [6.45, 7) is 0.960. The summed E-state index contributed by atoms with van der Waals surface area (Å²) in [4.78, 5) is 40.2. The van der Waals surface area contributed by atoms with Crippen LogP contribution in [0.1, 0.15) is 28.8 Å². The van der Waals surface area contributed by atoms with Gasteiger partial charge >= 0.3 is 5.97 Å². The van der Waals surface area contributed by atoms with E-state index in [1.807, 2.05) is 48.5 Å². The minimum atomic E-state index is -1.03. The molecular formula is C23H26N2O4. The number of benzene rings is 2. The lowest BCUT2D eigenvalue weighted by Gasteiger charge is -2.34. The zero-order valence-corrected chi connectivity index (χ0v) is 16.4. The topological polar surface area (TPSA) is 77.9 Å². The lowest BCUT2D eigenvalue weighted by Crippen LogP contribution is -2.48. The first kappa shape index (κ1) is 20.6. The van der Waals surface area contributed by atoms with E-state index in [4.69, 9.17) is 0 Å². The molecule has 1 atom stereocenters. The second-order valence-electron chi connectivity index (χ2n) is 7.35. The Hall–Kier alpha value is -3.15. The van der Waals surface area contributed by atoms with E-state index < -0.39 is 5.97 Å². The summed E-state index contributed by atoms with van der Waals surface area (Å²) < 4.78 is 0. The maximum absolute atomic E-state index is 13.1. The summed E-state index contributed by atoms with van der Waals surface area (Å²) in [5.41, 5.74) is 1.66. The number of hydrogen-bond acceptors (Lipinski definition) is 3. The average Bonchev–Trinajstić information content (AvgIpc) is 2.77. The molecule has 3 rings (SSSR count). The summed E-state index contributed by atoms with van der Waals surface area (Å²) in [7, 11) is 0. The molecule has 29 heavy (non-hydrogen) atoms. The Labute approximate surface area is 170 Å². The molecule has 1 aliphatic rings. The van der Waals surface area contributed by atoms with Crippen molar-refractivity contribution in [3.63, 3.8) is 0 Å². The molecule has 0 bridgehead atoms. The van der Waals surface area contributed by atoms with Gasteiger partial charge in [0.25, 0.3) is 5.91 Å². The van der Waals surface area contributed by atoms with Crippen LogP contribution in [0, 0.1) is 5.92 Å². The van der Waals surface area contributed by atoms with E-state index in [2.05, 4.69) is 0 Å². The van der Waals surface area contributed by atoms with E-state index in [0.29, 0.717) is 38.0 Å². The number of carbonyl (C=O) groups excluding carboxylic acids is 2. The number of amides is 2. The largest absolute Gasteiger partial charge is 0.480 e. The van der Waals surface area contributed by atoms with Crippen LogP contribution >= 0.6 is 0 Å². The summed E-state index contributed by atoms with van der Waals surface area (Å²) in [5, 5.41) is 9.26. The average molecular weight is 394 g/mol. The number of piperidine rings is 1. The molecule has 1 aliphatic heterocycles. The highest BCUT2D eigenvalue weighted by Gasteiger charge is 2.32. The van der Waals surface area contributed by atoms with Crippen molar-refractivity contribution in [1.29, 1.82) is 0 Å². The van der Waals surface area contributed by atoms with Gasteiger partial charge < -0.3 is 14.9 Å². The van der Waals surface area contributed by atoms with E-state index >= 15 is 0 Å². The standard InChI is InChI=1S/C23H26N2O4/c26-21(27)17-25(15-13-18-8-3-1-4-9-18)23(29)20-12-7-14-24(16-20)22(28)19-10-5-2-6-11-19/h1-6,8-11,20H,7,12-17H2,(H,26,27). The highest BCUT2D eigenvalue weighted by molar-refractivity contribution is 5.94. The van der Waals surface area contributed by atoms with E-state index in [9.17, 15) is 19.5 Å². The molecule has 0 aromatic heterocycles. The quantitative estimate of drug-likeness (QED) is 0.783. The second-order valence-corrected chi connectivity index (χ2v) is 7.35. The van der Waals surface area contributed by atoms with Gasteiger partial charge in [-0.15, -0.1) is 0 Å². The number of hydrogen-bond donors (Lipinski definition) is 1. The van der Waals surface area contributed by atoms with Crippen LogP contribution in [0.2, 0.25) is 0 Å². The zero-order valence-electron chi connectivity index (χ0n) is 16.4. The second kappa shape index (κ2) is 9.87.